The summed E-state index contributed by atoms with van der Waals surface area (Å²) in [6.07, 6.45) is 0. The van der Waals surface area contributed by atoms with Crippen molar-refractivity contribution in [2.45, 2.75) is 11.9 Å². The van der Waals surface area contributed by atoms with Crippen LogP contribution in [0, 0.1) is 0 Å². The van der Waals surface area contributed by atoms with Gasteiger partial charge in [0.05, 0.1) is 0 Å². The fourth-order valence-electron chi connectivity index (χ4n) is 0.918. The second kappa shape index (κ2) is 4.24. The van der Waals surface area contributed by atoms with Crippen molar-refractivity contribution in [2.24, 2.45) is 5.73 Å². The Hall–Kier alpha value is 0.140. The van der Waals surface area contributed by atoms with Crippen LogP contribution in [0.2, 0.25) is 0 Å². The molecule has 0 aliphatic heterocycles. The van der Waals surface area contributed by atoms with Gasteiger partial charge in [0, 0.05) is 16.3 Å². The van der Waals surface area contributed by atoms with Crippen molar-refractivity contribution in [3.05, 3.63) is 33.8 Å². The van der Waals surface area contributed by atoms with Gasteiger partial charge in [0.15, 0.2) is 0 Å². The van der Waals surface area contributed by atoms with Crippen molar-refractivity contribution < 1.29 is 0 Å². The average molecular weight is 279 g/mol. The second-order valence-electron chi connectivity index (χ2n) is 2.25. The summed E-state index contributed by atoms with van der Waals surface area (Å²) in [4.78, 5) is 0. The molecule has 0 aliphatic carbocycles. The van der Waals surface area contributed by atoms with Crippen LogP contribution < -0.4 is 5.73 Å². The second-order valence-corrected chi connectivity index (χ2v) is 3.73. The Morgan fingerprint density at radius 2 is 2.00 bits per heavy atom. The summed E-state index contributed by atoms with van der Waals surface area (Å²) in [5.74, 6) is 0. The van der Waals surface area contributed by atoms with Gasteiger partial charge in [0.25, 0.3) is 0 Å². The third-order valence-corrected chi connectivity index (χ3v) is 2.63. The molecule has 0 fully saturated rings. The molecule has 0 saturated heterocycles. The van der Waals surface area contributed by atoms with Gasteiger partial charge in [0.1, 0.15) is 0 Å². The monoisotopic (exact) mass is 277 g/mol. The van der Waals surface area contributed by atoms with E-state index in [4.69, 9.17) is 5.73 Å². The summed E-state index contributed by atoms with van der Waals surface area (Å²) in [6, 6.07) is 6.13. The van der Waals surface area contributed by atoms with Crippen LogP contribution in [0.3, 0.4) is 0 Å². The molecule has 3 heteroatoms. The summed E-state index contributed by atoms with van der Waals surface area (Å²) >= 11 is 6.81. The van der Waals surface area contributed by atoms with Gasteiger partial charge in [-0.15, -0.1) is 0 Å². The number of hydrogen-bond acceptors (Lipinski definition) is 1. The highest BCUT2D eigenvalue weighted by Gasteiger charge is 1.98. The van der Waals surface area contributed by atoms with Crippen LogP contribution in [0.25, 0.3) is 0 Å². The first-order valence-electron chi connectivity index (χ1n) is 3.31. The maximum Gasteiger partial charge on any atom is 0.0286 e. The number of rotatable bonds is 2. The lowest BCUT2D eigenvalue weighted by atomic mass is 10.1. The van der Waals surface area contributed by atoms with E-state index in [2.05, 4.69) is 37.9 Å². The van der Waals surface area contributed by atoms with E-state index in [1.54, 1.807) is 0 Å². The minimum absolute atomic E-state index is 0.605. The minimum Gasteiger partial charge on any atom is -0.326 e. The zero-order valence-corrected chi connectivity index (χ0v) is 9.15. The van der Waals surface area contributed by atoms with Gasteiger partial charge in [-0.2, -0.15) is 0 Å². The summed E-state index contributed by atoms with van der Waals surface area (Å²) in [5, 5.41) is 0.860. The molecule has 1 nitrogen and oxygen atoms in total. The van der Waals surface area contributed by atoms with Crippen molar-refractivity contribution in [1.82, 2.24) is 0 Å². The maximum absolute atomic E-state index is 5.54. The Morgan fingerprint density at radius 1 is 1.27 bits per heavy atom. The first-order chi connectivity index (χ1) is 5.27. The summed E-state index contributed by atoms with van der Waals surface area (Å²) in [7, 11) is 0. The molecule has 0 unspecified atom stereocenters. The Kier molecular flexibility index (Phi) is 3.55. The lowest BCUT2D eigenvalue weighted by molar-refractivity contribution is 1.04. The third-order valence-electron chi connectivity index (χ3n) is 1.53. The molecule has 1 aromatic carbocycles. The van der Waals surface area contributed by atoms with Gasteiger partial charge in [-0.1, -0.05) is 37.9 Å². The van der Waals surface area contributed by atoms with E-state index in [9.17, 15) is 0 Å². The molecule has 0 saturated carbocycles. The molecule has 11 heavy (non-hydrogen) atoms. The van der Waals surface area contributed by atoms with Crippen molar-refractivity contribution in [1.29, 1.82) is 0 Å². The van der Waals surface area contributed by atoms with Crippen LogP contribution in [-0.4, -0.2) is 0 Å². The van der Waals surface area contributed by atoms with E-state index in [1.165, 1.54) is 11.1 Å². The number of alkyl halides is 1. The van der Waals surface area contributed by atoms with Gasteiger partial charge in [-0.3, -0.25) is 0 Å². The predicted molar refractivity (Wildman–Crippen MR) is 54.7 cm³/mol. The van der Waals surface area contributed by atoms with E-state index < -0.39 is 0 Å². The van der Waals surface area contributed by atoms with Crippen molar-refractivity contribution >= 4 is 31.9 Å². The van der Waals surface area contributed by atoms with Crippen LogP contribution in [0.4, 0.5) is 0 Å². The largest absolute Gasteiger partial charge is 0.326 e. The Labute approximate surface area is 83.2 Å². The zero-order chi connectivity index (χ0) is 8.27. The molecule has 0 bridgehead atoms. The SMILES string of the molecule is NCc1ccc(Br)cc1CBr. The van der Waals surface area contributed by atoms with Gasteiger partial charge in [-0.05, 0) is 23.3 Å². The fourth-order valence-corrected chi connectivity index (χ4v) is 1.85. The van der Waals surface area contributed by atoms with Crippen LogP contribution in [0.15, 0.2) is 22.7 Å². The smallest absolute Gasteiger partial charge is 0.0286 e. The molecule has 1 rings (SSSR count). The number of hydrogen-bond donors (Lipinski definition) is 1. The maximum atomic E-state index is 5.54. The molecule has 0 aliphatic rings. The molecular formula is C8H9Br2N. The molecule has 0 spiro atoms. The molecular weight excluding hydrogens is 270 g/mol. The van der Waals surface area contributed by atoms with E-state index in [1.807, 2.05) is 12.1 Å². The Balaban J connectivity index is 3.06. The Morgan fingerprint density at radius 3 is 2.55 bits per heavy atom. The molecule has 1 aromatic rings. The lowest BCUT2D eigenvalue weighted by Crippen LogP contribution is -1.99. The summed E-state index contributed by atoms with van der Waals surface area (Å²) in [6.45, 7) is 0.605. The minimum atomic E-state index is 0.605. The molecule has 0 heterocycles. The van der Waals surface area contributed by atoms with Crippen LogP contribution in [-0.2, 0) is 11.9 Å². The summed E-state index contributed by atoms with van der Waals surface area (Å²) < 4.78 is 1.10. The highest BCUT2D eigenvalue weighted by Crippen LogP contribution is 2.18. The average Bonchev–Trinajstić information content (AvgIpc) is 2.04. The molecule has 0 aromatic heterocycles. The van der Waals surface area contributed by atoms with E-state index in [0.717, 1.165) is 9.80 Å². The van der Waals surface area contributed by atoms with Crippen molar-refractivity contribution in [3.8, 4) is 0 Å². The number of halogens is 2. The molecule has 0 atom stereocenters. The quantitative estimate of drug-likeness (QED) is 0.828. The predicted octanol–water partition coefficient (Wildman–Crippen LogP) is 2.80. The molecule has 0 radical (unpaired) electrons. The van der Waals surface area contributed by atoms with Crippen molar-refractivity contribution in [2.75, 3.05) is 0 Å². The van der Waals surface area contributed by atoms with Crippen LogP contribution >= 0.6 is 31.9 Å². The van der Waals surface area contributed by atoms with Crippen LogP contribution in [0.5, 0.6) is 0 Å². The third kappa shape index (κ3) is 2.29. The van der Waals surface area contributed by atoms with Crippen LogP contribution in [0.1, 0.15) is 11.1 Å². The molecule has 60 valence electrons. The lowest BCUT2D eigenvalue weighted by Gasteiger charge is -2.03. The zero-order valence-electron chi connectivity index (χ0n) is 5.98. The van der Waals surface area contributed by atoms with E-state index >= 15 is 0 Å². The first kappa shape index (κ1) is 9.23. The highest BCUT2D eigenvalue weighted by atomic mass is 79.9. The van der Waals surface area contributed by atoms with Gasteiger partial charge < -0.3 is 5.73 Å². The fraction of sp³-hybridized carbons (Fsp3) is 0.250. The summed E-state index contributed by atoms with van der Waals surface area (Å²) in [5.41, 5.74) is 7.99. The van der Waals surface area contributed by atoms with Crippen molar-refractivity contribution in [3.63, 3.8) is 0 Å². The van der Waals surface area contributed by atoms with Gasteiger partial charge in [0.2, 0.25) is 0 Å². The topological polar surface area (TPSA) is 26.0 Å². The Bertz CT molecular complexity index is 248. The molecule has 0 amide bonds. The first-order valence-corrected chi connectivity index (χ1v) is 5.22. The molecule has 2 N–H and O–H groups in total. The number of nitrogens with two attached hydrogens (primary N) is 1. The van der Waals surface area contributed by atoms with E-state index in [-0.39, 0.29) is 0 Å². The van der Waals surface area contributed by atoms with Gasteiger partial charge >= 0.3 is 0 Å². The standard InChI is InChI=1S/C8H9Br2N/c9-4-7-3-8(10)2-1-6(7)5-11/h1-3H,4-5,11H2. The highest BCUT2D eigenvalue weighted by molar-refractivity contribution is 9.10. The van der Waals surface area contributed by atoms with E-state index in [0.29, 0.717) is 6.54 Å². The number of benzene rings is 1. The normalized spacial score (nSPS) is 10.1. The van der Waals surface area contributed by atoms with Gasteiger partial charge in [-0.25, -0.2) is 0 Å².